The average Bonchev–Trinajstić information content (AvgIpc) is 2.42. The molecule has 1 aliphatic rings. The van der Waals surface area contributed by atoms with Crippen LogP contribution in [0, 0.1) is 0 Å². The highest BCUT2D eigenvalue weighted by Crippen LogP contribution is 2.29. The Hall–Kier alpha value is -1.14. The summed E-state index contributed by atoms with van der Waals surface area (Å²) in [6.07, 6.45) is 0.0327. The van der Waals surface area contributed by atoms with Gasteiger partial charge in [0.1, 0.15) is 5.75 Å². The number of hydrogen-bond acceptors (Lipinski definition) is 5. The zero-order chi connectivity index (χ0) is 13.7. The van der Waals surface area contributed by atoms with Gasteiger partial charge >= 0.3 is 0 Å². The normalized spacial score (nSPS) is 22.2. The van der Waals surface area contributed by atoms with Gasteiger partial charge < -0.3 is 14.4 Å². The topological polar surface area (TPSA) is 59.8 Å². The van der Waals surface area contributed by atoms with Gasteiger partial charge in [0.2, 0.25) is 0 Å². The number of hydrogen-bond donors (Lipinski definition) is 2. The zero-order valence-electron chi connectivity index (χ0n) is 11.6. The van der Waals surface area contributed by atoms with Gasteiger partial charge in [0.05, 0.1) is 25.4 Å². The van der Waals surface area contributed by atoms with E-state index in [1.165, 1.54) is 0 Å². The lowest BCUT2D eigenvalue weighted by molar-refractivity contribution is -0.0396. The maximum atomic E-state index is 5.85. The van der Waals surface area contributed by atoms with E-state index in [0.29, 0.717) is 6.61 Å². The summed E-state index contributed by atoms with van der Waals surface area (Å²) >= 11 is 0. The molecule has 0 spiro atoms. The summed E-state index contributed by atoms with van der Waals surface area (Å²) in [6.45, 7) is 5.17. The Labute approximate surface area is 114 Å². The van der Waals surface area contributed by atoms with Crippen LogP contribution in [0.25, 0.3) is 0 Å². The van der Waals surface area contributed by atoms with Gasteiger partial charge in [0.25, 0.3) is 0 Å². The molecular formula is C14H23N3O2. The molecule has 2 unspecified atom stereocenters. The molecule has 0 radical (unpaired) electrons. The van der Waals surface area contributed by atoms with Crippen molar-refractivity contribution in [2.45, 2.75) is 19.1 Å². The third-order valence-corrected chi connectivity index (χ3v) is 3.40. The third kappa shape index (κ3) is 3.45. The van der Waals surface area contributed by atoms with Gasteiger partial charge in [-0.3, -0.25) is 11.3 Å². The Kier molecular flexibility index (Phi) is 5.15. The van der Waals surface area contributed by atoms with Crippen molar-refractivity contribution in [2.24, 2.45) is 5.84 Å². The maximum Gasteiger partial charge on any atom is 0.124 e. The van der Waals surface area contributed by atoms with Crippen molar-refractivity contribution in [3.63, 3.8) is 0 Å². The molecule has 1 aromatic rings. The molecule has 1 aliphatic heterocycles. The van der Waals surface area contributed by atoms with Crippen LogP contribution in [0.3, 0.4) is 0 Å². The van der Waals surface area contributed by atoms with Crippen LogP contribution in [0.4, 0.5) is 0 Å². The molecule has 2 rings (SSSR count). The Morgan fingerprint density at radius 2 is 2.32 bits per heavy atom. The van der Waals surface area contributed by atoms with Crippen LogP contribution in [0.15, 0.2) is 24.3 Å². The molecule has 2 atom stereocenters. The number of para-hydroxylation sites is 1. The molecular weight excluding hydrogens is 242 g/mol. The molecule has 5 heteroatoms. The molecule has 19 heavy (non-hydrogen) atoms. The van der Waals surface area contributed by atoms with Gasteiger partial charge in [0.15, 0.2) is 0 Å². The van der Waals surface area contributed by atoms with E-state index in [0.717, 1.165) is 31.0 Å². The van der Waals surface area contributed by atoms with Crippen molar-refractivity contribution in [1.29, 1.82) is 0 Å². The van der Waals surface area contributed by atoms with E-state index in [4.69, 9.17) is 15.3 Å². The first-order valence-electron chi connectivity index (χ1n) is 6.74. The molecule has 1 fully saturated rings. The van der Waals surface area contributed by atoms with Gasteiger partial charge in [-0.05, 0) is 20.0 Å². The highest BCUT2D eigenvalue weighted by atomic mass is 16.5. The van der Waals surface area contributed by atoms with E-state index in [-0.39, 0.29) is 12.1 Å². The van der Waals surface area contributed by atoms with Crippen molar-refractivity contribution in [1.82, 2.24) is 10.3 Å². The number of benzene rings is 1. The molecule has 0 amide bonds. The molecule has 0 aliphatic carbocycles. The van der Waals surface area contributed by atoms with Crippen molar-refractivity contribution in [3.05, 3.63) is 29.8 Å². The quantitative estimate of drug-likeness (QED) is 0.612. The number of nitrogens with zero attached hydrogens (tertiary/aromatic N) is 1. The van der Waals surface area contributed by atoms with E-state index in [2.05, 4.69) is 17.4 Å². The van der Waals surface area contributed by atoms with Crippen LogP contribution in [-0.2, 0) is 4.74 Å². The Balaban J connectivity index is 2.20. The minimum atomic E-state index is -0.0644. The number of nitrogens with two attached hydrogens (primary N) is 1. The van der Waals surface area contributed by atoms with Crippen molar-refractivity contribution < 1.29 is 9.47 Å². The summed E-state index contributed by atoms with van der Waals surface area (Å²) in [5.74, 6) is 6.61. The van der Waals surface area contributed by atoms with Crippen LogP contribution >= 0.6 is 0 Å². The number of ether oxygens (including phenoxy) is 2. The minimum absolute atomic E-state index is 0.0327. The summed E-state index contributed by atoms with van der Waals surface area (Å²) < 4.78 is 11.5. The summed E-state index contributed by atoms with van der Waals surface area (Å²) in [6, 6.07) is 7.90. The first kappa shape index (κ1) is 14.3. The van der Waals surface area contributed by atoms with Crippen molar-refractivity contribution in [3.8, 4) is 5.75 Å². The largest absolute Gasteiger partial charge is 0.494 e. The number of likely N-dealkylation sites (N-methyl/N-ethyl adjacent to an activating group) is 1. The van der Waals surface area contributed by atoms with E-state index in [1.54, 1.807) is 0 Å². The van der Waals surface area contributed by atoms with Crippen molar-refractivity contribution in [2.75, 3.05) is 33.4 Å². The van der Waals surface area contributed by atoms with Gasteiger partial charge in [-0.25, -0.2) is 0 Å². The molecule has 1 heterocycles. The summed E-state index contributed by atoms with van der Waals surface area (Å²) in [4.78, 5) is 2.25. The lowest BCUT2D eigenvalue weighted by Crippen LogP contribution is -2.48. The van der Waals surface area contributed by atoms with E-state index >= 15 is 0 Å². The molecule has 5 nitrogen and oxygen atoms in total. The fourth-order valence-corrected chi connectivity index (χ4v) is 2.43. The summed E-state index contributed by atoms with van der Waals surface area (Å²) in [7, 11) is 2.09. The maximum absolute atomic E-state index is 5.85. The molecule has 1 aromatic carbocycles. The minimum Gasteiger partial charge on any atom is -0.494 e. The number of hydrazine groups is 1. The average molecular weight is 265 g/mol. The fraction of sp³-hybridized carbons (Fsp3) is 0.571. The fourth-order valence-electron chi connectivity index (χ4n) is 2.43. The Morgan fingerprint density at radius 1 is 1.53 bits per heavy atom. The van der Waals surface area contributed by atoms with E-state index in [9.17, 15) is 0 Å². The van der Waals surface area contributed by atoms with E-state index < -0.39 is 0 Å². The van der Waals surface area contributed by atoms with Gasteiger partial charge in [-0.15, -0.1) is 0 Å². The van der Waals surface area contributed by atoms with Crippen LogP contribution in [-0.4, -0.2) is 44.4 Å². The van der Waals surface area contributed by atoms with Crippen LogP contribution < -0.4 is 16.0 Å². The number of rotatable bonds is 5. The molecule has 0 aromatic heterocycles. The number of morpholine rings is 1. The predicted octanol–water partition coefficient (Wildman–Crippen LogP) is 0.920. The standard InChI is InChI=1S/C14H23N3O2/c1-3-18-12-7-5-4-6-11(12)14(16-15)13-10-17(2)8-9-19-13/h4-7,13-14,16H,3,8-10,15H2,1-2H3. The second kappa shape index (κ2) is 6.86. The van der Waals surface area contributed by atoms with Gasteiger partial charge in [-0.1, -0.05) is 18.2 Å². The van der Waals surface area contributed by atoms with Gasteiger partial charge in [0, 0.05) is 18.7 Å². The molecule has 3 N–H and O–H groups in total. The van der Waals surface area contributed by atoms with Crippen LogP contribution in [0.5, 0.6) is 5.75 Å². The highest BCUT2D eigenvalue weighted by Gasteiger charge is 2.29. The van der Waals surface area contributed by atoms with Crippen LogP contribution in [0.1, 0.15) is 18.5 Å². The monoisotopic (exact) mass is 265 g/mol. The van der Waals surface area contributed by atoms with Crippen molar-refractivity contribution >= 4 is 0 Å². The first-order chi connectivity index (χ1) is 9.26. The second-order valence-electron chi connectivity index (χ2n) is 4.79. The highest BCUT2D eigenvalue weighted by molar-refractivity contribution is 5.36. The summed E-state index contributed by atoms with van der Waals surface area (Å²) in [5, 5.41) is 0. The molecule has 0 saturated carbocycles. The SMILES string of the molecule is CCOc1ccccc1C(NN)C1CN(C)CCO1. The Bertz CT molecular complexity index is 400. The lowest BCUT2D eigenvalue weighted by Gasteiger charge is -2.35. The van der Waals surface area contributed by atoms with Crippen LogP contribution in [0.2, 0.25) is 0 Å². The molecule has 1 saturated heterocycles. The van der Waals surface area contributed by atoms with E-state index in [1.807, 2.05) is 31.2 Å². The Morgan fingerprint density at radius 3 is 3.00 bits per heavy atom. The smallest absolute Gasteiger partial charge is 0.124 e. The second-order valence-corrected chi connectivity index (χ2v) is 4.79. The molecule has 106 valence electrons. The van der Waals surface area contributed by atoms with Gasteiger partial charge in [-0.2, -0.15) is 0 Å². The first-order valence-corrected chi connectivity index (χ1v) is 6.74. The molecule has 0 bridgehead atoms. The number of nitrogens with one attached hydrogen (secondary N) is 1. The summed E-state index contributed by atoms with van der Waals surface area (Å²) in [5.41, 5.74) is 3.92. The lowest BCUT2D eigenvalue weighted by atomic mass is 9.99. The zero-order valence-corrected chi connectivity index (χ0v) is 11.6. The third-order valence-electron chi connectivity index (χ3n) is 3.40. The predicted molar refractivity (Wildman–Crippen MR) is 74.9 cm³/mol.